The molecule has 130 valence electrons. The minimum Gasteiger partial charge on any atom is -0.352 e. The zero-order chi connectivity index (χ0) is 18.2. The lowest BCUT2D eigenvalue weighted by atomic mass is 10.2. The van der Waals surface area contributed by atoms with Crippen LogP contribution in [-0.4, -0.2) is 23.3 Å². The van der Waals surface area contributed by atoms with E-state index in [9.17, 15) is 24.1 Å². The average molecular weight is 345 g/mol. The Balaban J connectivity index is 1.74. The number of carbonyl (C=O) groups excluding carboxylic acids is 2. The van der Waals surface area contributed by atoms with Crippen molar-refractivity contribution in [1.29, 1.82) is 0 Å². The van der Waals surface area contributed by atoms with Crippen LogP contribution in [0.5, 0.6) is 0 Å². The van der Waals surface area contributed by atoms with Crippen molar-refractivity contribution in [2.75, 3.05) is 6.54 Å². The third-order valence-corrected chi connectivity index (χ3v) is 3.41. The van der Waals surface area contributed by atoms with E-state index >= 15 is 0 Å². The summed E-state index contributed by atoms with van der Waals surface area (Å²) in [5.74, 6) is -1.15. The van der Waals surface area contributed by atoms with Gasteiger partial charge in [0.05, 0.1) is 4.92 Å². The Labute approximate surface area is 143 Å². The van der Waals surface area contributed by atoms with E-state index in [-0.39, 0.29) is 36.7 Å². The highest BCUT2D eigenvalue weighted by molar-refractivity contribution is 5.94. The van der Waals surface area contributed by atoms with Crippen LogP contribution in [0.3, 0.4) is 0 Å². The Hall–Kier alpha value is -3.29. The van der Waals surface area contributed by atoms with E-state index in [4.69, 9.17) is 0 Å². The van der Waals surface area contributed by atoms with E-state index in [0.29, 0.717) is 5.56 Å². The lowest BCUT2D eigenvalue weighted by molar-refractivity contribution is -0.384. The van der Waals surface area contributed by atoms with Crippen molar-refractivity contribution in [1.82, 2.24) is 10.6 Å². The number of nitrogens with one attached hydrogen (secondary N) is 2. The normalized spacial score (nSPS) is 10.1. The van der Waals surface area contributed by atoms with Crippen LogP contribution in [0.25, 0.3) is 0 Å². The summed E-state index contributed by atoms with van der Waals surface area (Å²) in [5.41, 5.74) is 0.534. The van der Waals surface area contributed by atoms with E-state index in [2.05, 4.69) is 10.6 Å². The highest BCUT2D eigenvalue weighted by atomic mass is 19.1. The molecule has 2 N–H and O–H groups in total. The summed E-state index contributed by atoms with van der Waals surface area (Å²) in [6, 6.07) is 11.3. The molecule has 2 rings (SSSR count). The van der Waals surface area contributed by atoms with Gasteiger partial charge in [0.25, 0.3) is 11.6 Å². The SMILES string of the molecule is O=C(CCNC(=O)c1ccc([N+](=O)[O-])cc1)NCc1ccccc1F. The van der Waals surface area contributed by atoms with E-state index < -0.39 is 16.6 Å². The van der Waals surface area contributed by atoms with Crippen molar-refractivity contribution in [2.45, 2.75) is 13.0 Å². The highest BCUT2D eigenvalue weighted by Crippen LogP contribution is 2.11. The third kappa shape index (κ3) is 5.38. The Kier molecular flexibility index (Phi) is 6.16. The van der Waals surface area contributed by atoms with Gasteiger partial charge in [-0.15, -0.1) is 0 Å². The van der Waals surface area contributed by atoms with Gasteiger partial charge in [0.1, 0.15) is 5.82 Å². The van der Waals surface area contributed by atoms with Crippen molar-refractivity contribution in [3.05, 3.63) is 75.6 Å². The summed E-state index contributed by atoms with van der Waals surface area (Å²) < 4.78 is 13.4. The van der Waals surface area contributed by atoms with E-state index in [0.717, 1.165) is 0 Å². The molecule has 0 atom stereocenters. The van der Waals surface area contributed by atoms with Crippen LogP contribution < -0.4 is 10.6 Å². The molecule has 0 unspecified atom stereocenters. The lowest BCUT2D eigenvalue weighted by Gasteiger charge is -2.07. The van der Waals surface area contributed by atoms with Gasteiger partial charge in [0.15, 0.2) is 0 Å². The molecular weight excluding hydrogens is 329 g/mol. The van der Waals surface area contributed by atoms with Crippen LogP contribution in [0.1, 0.15) is 22.3 Å². The first-order valence-corrected chi connectivity index (χ1v) is 7.50. The van der Waals surface area contributed by atoms with Crippen LogP contribution in [0.2, 0.25) is 0 Å². The Morgan fingerprint density at radius 3 is 2.36 bits per heavy atom. The Morgan fingerprint density at radius 1 is 1.04 bits per heavy atom. The number of amides is 2. The van der Waals surface area contributed by atoms with E-state index in [1.165, 1.54) is 30.3 Å². The first kappa shape index (κ1) is 18.1. The zero-order valence-electron chi connectivity index (χ0n) is 13.2. The van der Waals surface area contributed by atoms with E-state index in [1.807, 2.05) is 0 Å². The fourth-order valence-electron chi connectivity index (χ4n) is 2.05. The summed E-state index contributed by atoms with van der Waals surface area (Å²) in [6.45, 7) is 0.167. The fraction of sp³-hybridized carbons (Fsp3) is 0.176. The maximum Gasteiger partial charge on any atom is 0.269 e. The van der Waals surface area contributed by atoms with Gasteiger partial charge in [-0.25, -0.2) is 4.39 Å². The minimum absolute atomic E-state index is 0.0349. The van der Waals surface area contributed by atoms with Gasteiger partial charge in [0, 0.05) is 42.8 Å². The molecule has 0 fully saturated rings. The molecule has 0 heterocycles. The lowest BCUT2D eigenvalue weighted by Crippen LogP contribution is -2.30. The maximum atomic E-state index is 13.4. The second kappa shape index (κ2) is 8.53. The predicted octanol–water partition coefficient (Wildman–Crippen LogP) is 2.17. The standard InChI is InChI=1S/C17H16FN3O4/c18-15-4-2-1-3-13(15)11-20-16(22)9-10-19-17(23)12-5-7-14(8-6-12)21(24)25/h1-8H,9-11H2,(H,19,23)(H,20,22). The monoisotopic (exact) mass is 345 g/mol. The predicted molar refractivity (Wildman–Crippen MR) is 88.3 cm³/mol. The van der Waals surface area contributed by atoms with Gasteiger partial charge in [-0.05, 0) is 18.2 Å². The number of rotatable bonds is 7. The molecule has 2 aromatic carbocycles. The van der Waals surface area contributed by atoms with Crippen LogP contribution in [-0.2, 0) is 11.3 Å². The van der Waals surface area contributed by atoms with Gasteiger partial charge in [-0.1, -0.05) is 18.2 Å². The number of hydrogen-bond donors (Lipinski definition) is 2. The average Bonchev–Trinajstić information content (AvgIpc) is 2.61. The summed E-state index contributed by atoms with van der Waals surface area (Å²) >= 11 is 0. The molecule has 0 aromatic heterocycles. The van der Waals surface area contributed by atoms with Crippen LogP contribution >= 0.6 is 0 Å². The molecule has 2 aromatic rings. The quantitative estimate of drug-likeness (QED) is 0.593. The molecule has 0 saturated carbocycles. The summed E-state index contributed by atoms with van der Waals surface area (Å²) in [6.07, 6.45) is 0.0349. The third-order valence-electron chi connectivity index (χ3n) is 3.41. The molecule has 0 saturated heterocycles. The second-order valence-corrected chi connectivity index (χ2v) is 5.18. The van der Waals surface area contributed by atoms with Gasteiger partial charge < -0.3 is 10.6 Å². The van der Waals surface area contributed by atoms with Crippen molar-refractivity contribution >= 4 is 17.5 Å². The molecular formula is C17H16FN3O4. The Morgan fingerprint density at radius 2 is 1.72 bits per heavy atom. The van der Waals surface area contributed by atoms with Crippen molar-refractivity contribution < 1.29 is 18.9 Å². The molecule has 0 radical (unpaired) electrons. The summed E-state index contributed by atoms with van der Waals surface area (Å²) in [4.78, 5) is 33.6. The number of hydrogen-bond acceptors (Lipinski definition) is 4. The first-order valence-electron chi connectivity index (χ1n) is 7.50. The maximum absolute atomic E-state index is 13.4. The van der Waals surface area contributed by atoms with Gasteiger partial charge >= 0.3 is 0 Å². The second-order valence-electron chi connectivity index (χ2n) is 5.18. The number of nitro groups is 1. The summed E-state index contributed by atoms with van der Waals surface area (Å²) in [5, 5.41) is 15.7. The van der Waals surface area contributed by atoms with Crippen LogP contribution in [0, 0.1) is 15.9 Å². The van der Waals surface area contributed by atoms with Gasteiger partial charge in [-0.2, -0.15) is 0 Å². The molecule has 7 nitrogen and oxygen atoms in total. The molecule has 8 heteroatoms. The Bertz CT molecular complexity index is 778. The van der Waals surface area contributed by atoms with Gasteiger partial charge in [0.2, 0.25) is 5.91 Å². The van der Waals surface area contributed by atoms with Crippen molar-refractivity contribution in [2.24, 2.45) is 0 Å². The molecule has 0 aliphatic rings. The number of non-ortho nitro benzene ring substituents is 1. The topological polar surface area (TPSA) is 101 Å². The fourth-order valence-corrected chi connectivity index (χ4v) is 2.05. The molecule has 25 heavy (non-hydrogen) atoms. The number of benzene rings is 2. The van der Waals surface area contributed by atoms with Crippen molar-refractivity contribution in [3.8, 4) is 0 Å². The minimum atomic E-state index is -0.554. The summed E-state index contributed by atoms with van der Waals surface area (Å²) in [7, 11) is 0. The molecule has 0 aliphatic carbocycles. The first-order chi connectivity index (χ1) is 12.0. The highest BCUT2D eigenvalue weighted by Gasteiger charge is 2.10. The number of halogens is 1. The molecule has 0 bridgehead atoms. The van der Waals surface area contributed by atoms with Crippen LogP contribution in [0.4, 0.5) is 10.1 Å². The number of nitro benzene ring substituents is 1. The molecule has 0 aliphatic heterocycles. The zero-order valence-corrected chi connectivity index (χ0v) is 13.2. The number of carbonyl (C=O) groups is 2. The number of nitrogens with zero attached hydrogens (tertiary/aromatic N) is 1. The smallest absolute Gasteiger partial charge is 0.269 e. The van der Waals surface area contributed by atoms with Crippen LogP contribution in [0.15, 0.2) is 48.5 Å². The van der Waals surface area contributed by atoms with Gasteiger partial charge in [-0.3, -0.25) is 19.7 Å². The molecule has 2 amide bonds. The molecule has 0 spiro atoms. The largest absolute Gasteiger partial charge is 0.352 e. The van der Waals surface area contributed by atoms with Crippen molar-refractivity contribution in [3.63, 3.8) is 0 Å². The van der Waals surface area contributed by atoms with E-state index in [1.54, 1.807) is 18.2 Å².